The molecule has 1 aliphatic rings. The molecule has 2 heteroatoms. The van der Waals surface area contributed by atoms with Gasteiger partial charge in [0.2, 0.25) is 0 Å². The van der Waals surface area contributed by atoms with Crippen molar-refractivity contribution in [3.05, 3.63) is 35.9 Å². The van der Waals surface area contributed by atoms with Gasteiger partial charge in [-0.3, -0.25) is 10.6 Å². The second-order valence-corrected chi connectivity index (χ2v) is 3.11. The van der Waals surface area contributed by atoms with Gasteiger partial charge in [-0.1, -0.05) is 30.3 Å². The largest absolute Gasteiger partial charge is 0.298 e. The van der Waals surface area contributed by atoms with Crippen molar-refractivity contribution < 1.29 is 0 Å². The highest BCUT2D eigenvalue weighted by Crippen LogP contribution is 2.10. The van der Waals surface area contributed by atoms with E-state index in [0.717, 1.165) is 13.1 Å². The molecular formula is C10H14N2. The Morgan fingerprint density at radius 1 is 1.00 bits per heavy atom. The summed E-state index contributed by atoms with van der Waals surface area (Å²) in [5.41, 5.74) is 1.33. The average molecular weight is 162 g/mol. The molecule has 1 saturated heterocycles. The number of rotatable bonds is 1. The first-order valence-electron chi connectivity index (χ1n) is 4.48. The van der Waals surface area contributed by atoms with Crippen molar-refractivity contribution in [2.45, 2.75) is 12.6 Å². The Kier molecular flexibility index (Phi) is 2.39. The van der Waals surface area contributed by atoms with Crippen LogP contribution < -0.4 is 10.6 Å². The van der Waals surface area contributed by atoms with Crippen LogP contribution in [0.2, 0.25) is 0 Å². The monoisotopic (exact) mass is 162 g/mol. The van der Waals surface area contributed by atoms with Crippen LogP contribution in [0.3, 0.4) is 0 Å². The normalized spacial score (nSPS) is 19.3. The fourth-order valence-corrected chi connectivity index (χ4v) is 1.53. The van der Waals surface area contributed by atoms with Gasteiger partial charge in [0.15, 0.2) is 0 Å². The Balaban J connectivity index is 2.08. The van der Waals surface area contributed by atoms with Gasteiger partial charge in [0.1, 0.15) is 0 Å². The molecule has 1 aliphatic heterocycles. The Morgan fingerprint density at radius 2 is 1.67 bits per heavy atom. The van der Waals surface area contributed by atoms with E-state index in [4.69, 9.17) is 0 Å². The zero-order chi connectivity index (χ0) is 8.23. The number of hydrogen-bond acceptors (Lipinski definition) is 2. The topological polar surface area (TPSA) is 24.1 Å². The van der Waals surface area contributed by atoms with Gasteiger partial charge in [-0.2, -0.15) is 0 Å². The van der Waals surface area contributed by atoms with Gasteiger partial charge in [0.25, 0.3) is 0 Å². The van der Waals surface area contributed by atoms with E-state index in [2.05, 4.69) is 34.9 Å². The molecule has 64 valence electrons. The summed E-state index contributed by atoms with van der Waals surface area (Å²) in [4.78, 5) is 0. The Morgan fingerprint density at radius 3 is 2.33 bits per heavy atom. The molecule has 0 unspecified atom stereocenters. The molecule has 12 heavy (non-hydrogen) atoms. The van der Waals surface area contributed by atoms with E-state index in [9.17, 15) is 0 Å². The van der Waals surface area contributed by atoms with Crippen LogP contribution in [0, 0.1) is 0 Å². The molecule has 0 atom stereocenters. The Bertz CT molecular complexity index is 227. The van der Waals surface area contributed by atoms with Gasteiger partial charge in [-0.15, -0.1) is 0 Å². The molecule has 0 radical (unpaired) electrons. The van der Waals surface area contributed by atoms with Crippen LogP contribution >= 0.6 is 0 Å². The van der Waals surface area contributed by atoms with Gasteiger partial charge in [-0.25, -0.2) is 0 Å². The van der Waals surface area contributed by atoms with Crippen LogP contribution in [0.5, 0.6) is 0 Å². The van der Waals surface area contributed by atoms with E-state index < -0.39 is 0 Å². The lowest BCUT2D eigenvalue weighted by Gasteiger charge is -2.25. The summed E-state index contributed by atoms with van der Waals surface area (Å²) < 4.78 is 0. The lowest BCUT2D eigenvalue weighted by atomic mass is 10.1. The van der Waals surface area contributed by atoms with Crippen LogP contribution in [-0.4, -0.2) is 13.1 Å². The van der Waals surface area contributed by atoms with Crippen LogP contribution in [0.1, 0.15) is 18.2 Å². The van der Waals surface area contributed by atoms with Crippen molar-refractivity contribution in [2.75, 3.05) is 13.1 Å². The number of nitrogens with one attached hydrogen (secondary N) is 2. The third kappa shape index (κ3) is 1.65. The van der Waals surface area contributed by atoms with E-state index in [-0.39, 0.29) is 0 Å². The van der Waals surface area contributed by atoms with E-state index >= 15 is 0 Å². The molecule has 1 fully saturated rings. The van der Waals surface area contributed by atoms with Crippen molar-refractivity contribution >= 4 is 0 Å². The fraction of sp³-hybridized carbons (Fsp3) is 0.400. The van der Waals surface area contributed by atoms with Gasteiger partial charge >= 0.3 is 0 Å². The second kappa shape index (κ2) is 3.70. The van der Waals surface area contributed by atoms with Crippen molar-refractivity contribution in [1.82, 2.24) is 10.6 Å². The second-order valence-electron chi connectivity index (χ2n) is 3.11. The molecule has 1 heterocycles. The molecule has 1 aromatic rings. The molecule has 0 spiro atoms. The molecule has 0 bridgehead atoms. The first kappa shape index (κ1) is 7.77. The molecule has 0 saturated carbocycles. The van der Waals surface area contributed by atoms with Crippen LogP contribution in [0.15, 0.2) is 30.3 Å². The van der Waals surface area contributed by atoms with E-state index in [1.807, 2.05) is 6.07 Å². The first-order chi connectivity index (χ1) is 5.97. The van der Waals surface area contributed by atoms with Crippen LogP contribution in [-0.2, 0) is 0 Å². The van der Waals surface area contributed by atoms with Crippen molar-refractivity contribution in [3.63, 3.8) is 0 Å². The maximum atomic E-state index is 3.42. The highest BCUT2D eigenvalue weighted by molar-refractivity contribution is 5.18. The standard InChI is InChI=1S/C10H14N2/c1-2-5-9(6-3-1)10-11-7-4-8-12-10/h1-3,5-6,10-12H,4,7-8H2. The summed E-state index contributed by atoms with van der Waals surface area (Å²) in [6.45, 7) is 2.24. The lowest BCUT2D eigenvalue weighted by molar-refractivity contribution is 0.380. The summed E-state index contributed by atoms with van der Waals surface area (Å²) in [6.07, 6.45) is 1.59. The third-order valence-electron chi connectivity index (χ3n) is 2.18. The van der Waals surface area contributed by atoms with Crippen molar-refractivity contribution in [3.8, 4) is 0 Å². The minimum Gasteiger partial charge on any atom is -0.298 e. The molecule has 2 nitrogen and oxygen atoms in total. The minimum absolute atomic E-state index is 0.361. The Labute approximate surface area is 73.0 Å². The highest BCUT2D eigenvalue weighted by Gasteiger charge is 2.11. The summed E-state index contributed by atoms with van der Waals surface area (Å²) in [5.74, 6) is 0. The molecular weight excluding hydrogens is 148 g/mol. The first-order valence-corrected chi connectivity index (χ1v) is 4.48. The van der Waals surface area contributed by atoms with Crippen molar-refractivity contribution in [1.29, 1.82) is 0 Å². The third-order valence-corrected chi connectivity index (χ3v) is 2.18. The maximum absolute atomic E-state index is 3.42. The zero-order valence-corrected chi connectivity index (χ0v) is 7.09. The van der Waals surface area contributed by atoms with Crippen LogP contribution in [0.25, 0.3) is 0 Å². The summed E-state index contributed by atoms with van der Waals surface area (Å²) in [5, 5.41) is 6.85. The Hall–Kier alpha value is -0.860. The zero-order valence-electron chi connectivity index (χ0n) is 7.09. The SMILES string of the molecule is c1ccc(C2NCCCN2)cc1. The van der Waals surface area contributed by atoms with E-state index in [1.54, 1.807) is 0 Å². The summed E-state index contributed by atoms with van der Waals surface area (Å²) >= 11 is 0. The quantitative estimate of drug-likeness (QED) is 0.649. The van der Waals surface area contributed by atoms with Crippen molar-refractivity contribution in [2.24, 2.45) is 0 Å². The van der Waals surface area contributed by atoms with Gasteiger partial charge < -0.3 is 0 Å². The summed E-state index contributed by atoms with van der Waals surface area (Å²) in [7, 11) is 0. The minimum atomic E-state index is 0.361. The predicted molar refractivity (Wildman–Crippen MR) is 49.8 cm³/mol. The van der Waals surface area contributed by atoms with Crippen LogP contribution in [0.4, 0.5) is 0 Å². The predicted octanol–water partition coefficient (Wildman–Crippen LogP) is 1.27. The average Bonchev–Trinajstić information content (AvgIpc) is 2.21. The van der Waals surface area contributed by atoms with Gasteiger partial charge in [-0.05, 0) is 25.1 Å². The molecule has 2 rings (SSSR count). The number of benzene rings is 1. The van der Waals surface area contributed by atoms with Gasteiger partial charge in [0, 0.05) is 0 Å². The van der Waals surface area contributed by atoms with Gasteiger partial charge in [0.05, 0.1) is 6.17 Å². The highest BCUT2D eigenvalue weighted by atomic mass is 15.1. The van der Waals surface area contributed by atoms with E-state index in [1.165, 1.54) is 12.0 Å². The fourth-order valence-electron chi connectivity index (χ4n) is 1.53. The smallest absolute Gasteiger partial charge is 0.0835 e. The molecule has 0 aromatic heterocycles. The molecule has 0 aliphatic carbocycles. The maximum Gasteiger partial charge on any atom is 0.0835 e. The molecule has 1 aromatic carbocycles. The number of hydrogen-bond donors (Lipinski definition) is 2. The lowest BCUT2D eigenvalue weighted by Crippen LogP contribution is -2.41. The van der Waals surface area contributed by atoms with E-state index in [0.29, 0.717) is 6.17 Å². The summed E-state index contributed by atoms with van der Waals surface area (Å²) in [6, 6.07) is 10.5. The molecule has 0 amide bonds. The molecule has 2 N–H and O–H groups in total.